The zero-order chi connectivity index (χ0) is 15.7. The molecule has 0 unspecified atom stereocenters. The van der Waals surface area contributed by atoms with E-state index in [4.69, 9.17) is 21.7 Å². The van der Waals surface area contributed by atoms with Crippen LogP contribution in [0.3, 0.4) is 0 Å². The van der Waals surface area contributed by atoms with Crippen molar-refractivity contribution in [1.82, 2.24) is 9.13 Å². The van der Waals surface area contributed by atoms with Crippen molar-refractivity contribution in [3.05, 3.63) is 17.2 Å². The van der Waals surface area contributed by atoms with Crippen LogP contribution in [-0.2, 0) is 9.47 Å². The van der Waals surface area contributed by atoms with Gasteiger partial charge < -0.3 is 9.47 Å². The van der Waals surface area contributed by atoms with E-state index >= 15 is 0 Å². The molecular weight excluding hydrogens is 280 g/mol. The predicted octanol–water partition coefficient (Wildman–Crippen LogP) is 3.59. The molecule has 1 aromatic rings. The van der Waals surface area contributed by atoms with Crippen molar-refractivity contribution >= 4 is 24.4 Å². The van der Waals surface area contributed by atoms with Crippen molar-refractivity contribution in [2.45, 2.75) is 52.7 Å². The molecule has 0 spiro atoms. The van der Waals surface area contributed by atoms with Crippen molar-refractivity contribution in [2.24, 2.45) is 0 Å². The summed E-state index contributed by atoms with van der Waals surface area (Å²) in [6.45, 7) is 10.5. The number of hydrogen-bond donors (Lipinski definition) is 0. The lowest BCUT2D eigenvalue weighted by Crippen LogP contribution is -2.29. The molecule has 0 saturated heterocycles. The van der Waals surface area contributed by atoms with Gasteiger partial charge in [0, 0.05) is 12.4 Å². The van der Waals surface area contributed by atoms with E-state index in [-0.39, 0.29) is 4.77 Å². The maximum atomic E-state index is 11.9. The molecule has 0 N–H and O–H groups in total. The van der Waals surface area contributed by atoms with E-state index in [0.29, 0.717) is 0 Å². The average Bonchev–Trinajstić information content (AvgIpc) is 2.54. The van der Waals surface area contributed by atoms with Gasteiger partial charge in [-0.15, -0.1) is 0 Å². The highest BCUT2D eigenvalue weighted by molar-refractivity contribution is 7.71. The van der Waals surface area contributed by atoms with Crippen LogP contribution in [-0.4, -0.2) is 32.5 Å². The Morgan fingerprint density at radius 1 is 0.900 bits per heavy atom. The molecule has 7 heteroatoms. The quantitative estimate of drug-likeness (QED) is 0.685. The number of aromatic nitrogens is 2. The fourth-order valence-electron chi connectivity index (χ4n) is 1.28. The van der Waals surface area contributed by atoms with Gasteiger partial charge in [0.15, 0.2) is 4.77 Å². The maximum Gasteiger partial charge on any atom is 0.420 e. The Labute approximate surface area is 123 Å². The lowest BCUT2D eigenvalue weighted by molar-refractivity contribution is 0.0518. The van der Waals surface area contributed by atoms with Crippen molar-refractivity contribution in [2.75, 3.05) is 0 Å². The molecule has 112 valence electrons. The summed E-state index contributed by atoms with van der Waals surface area (Å²) in [5, 5.41) is 0. The van der Waals surface area contributed by atoms with Crippen molar-refractivity contribution in [1.29, 1.82) is 0 Å². The molecule has 1 rings (SSSR count). The lowest BCUT2D eigenvalue weighted by atomic mass is 10.2. The topological polar surface area (TPSA) is 62.5 Å². The molecule has 0 atom stereocenters. The molecule has 1 aromatic heterocycles. The highest BCUT2D eigenvalue weighted by Crippen LogP contribution is 2.12. The minimum Gasteiger partial charge on any atom is -0.443 e. The molecular formula is C13H20N2O4S. The molecule has 0 aliphatic rings. The van der Waals surface area contributed by atoms with Crippen LogP contribution in [0.4, 0.5) is 9.59 Å². The Morgan fingerprint density at radius 2 is 1.20 bits per heavy atom. The molecule has 0 amide bonds. The van der Waals surface area contributed by atoms with Gasteiger partial charge in [0.2, 0.25) is 0 Å². The first kappa shape index (κ1) is 16.4. The van der Waals surface area contributed by atoms with Crippen LogP contribution in [0.5, 0.6) is 0 Å². The Balaban J connectivity index is 2.99. The zero-order valence-electron chi connectivity index (χ0n) is 12.6. The van der Waals surface area contributed by atoms with E-state index in [1.54, 1.807) is 41.5 Å². The zero-order valence-corrected chi connectivity index (χ0v) is 13.4. The molecule has 0 bridgehead atoms. The molecule has 1 heterocycles. The Hall–Kier alpha value is -1.63. The molecule has 20 heavy (non-hydrogen) atoms. The minimum atomic E-state index is -0.639. The van der Waals surface area contributed by atoms with Crippen LogP contribution in [0, 0.1) is 4.77 Å². The average molecular weight is 300 g/mol. The lowest BCUT2D eigenvalue weighted by Gasteiger charge is -2.20. The van der Waals surface area contributed by atoms with Crippen LogP contribution in [0.2, 0.25) is 0 Å². The normalized spacial score (nSPS) is 12.1. The molecule has 0 saturated carbocycles. The third-order valence-corrected chi connectivity index (χ3v) is 2.35. The molecule has 0 aromatic carbocycles. The number of nitrogens with zero attached hydrogens (tertiary/aromatic N) is 2. The predicted molar refractivity (Wildman–Crippen MR) is 76.5 cm³/mol. The summed E-state index contributed by atoms with van der Waals surface area (Å²) >= 11 is 5.08. The fourth-order valence-corrected chi connectivity index (χ4v) is 1.55. The second kappa shape index (κ2) is 5.40. The standard InChI is InChI=1S/C13H20N2O4S/c1-12(2,3)18-10(16)14-7-8-15(9(14)20)11(17)19-13(4,5)6/h7-8H,1-6H3. The molecule has 0 aliphatic carbocycles. The number of ether oxygens (including phenoxy) is 2. The molecule has 0 aliphatic heterocycles. The van der Waals surface area contributed by atoms with Gasteiger partial charge in [-0.2, -0.15) is 0 Å². The number of carbonyl (C=O) groups excluding carboxylic acids is 2. The number of hydrogen-bond acceptors (Lipinski definition) is 5. The van der Waals surface area contributed by atoms with E-state index in [1.807, 2.05) is 0 Å². The summed E-state index contributed by atoms with van der Waals surface area (Å²) in [6, 6.07) is 0. The van der Waals surface area contributed by atoms with Gasteiger partial charge in [0.05, 0.1) is 0 Å². The van der Waals surface area contributed by atoms with Gasteiger partial charge in [0.1, 0.15) is 11.2 Å². The van der Waals surface area contributed by atoms with E-state index in [0.717, 1.165) is 9.13 Å². The first-order valence-electron chi connectivity index (χ1n) is 6.17. The van der Waals surface area contributed by atoms with Gasteiger partial charge in [-0.05, 0) is 53.8 Å². The molecule has 0 fully saturated rings. The fraction of sp³-hybridized carbons (Fsp3) is 0.615. The Kier molecular flexibility index (Phi) is 4.43. The largest absolute Gasteiger partial charge is 0.443 e. The maximum absolute atomic E-state index is 11.9. The van der Waals surface area contributed by atoms with Gasteiger partial charge in [0.25, 0.3) is 0 Å². The SMILES string of the molecule is CC(C)(C)OC(=O)n1ccn(C(=O)OC(C)(C)C)c1=S. The third-order valence-electron chi connectivity index (χ3n) is 1.96. The van der Waals surface area contributed by atoms with Crippen LogP contribution in [0.15, 0.2) is 12.4 Å². The van der Waals surface area contributed by atoms with E-state index in [9.17, 15) is 9.59 Å². The van der Waals surface area contributed by atoms with E-state index < -0.39 is 23.4 Å². The van der Waals surface area contributed by atoms with E-state index in [1.165, 1.54) is 12.4 Å². The number of rotatable bonds is 0. The summed E-state index contributed by atoms with van der Waals surface area (Å²) in [7, 11) is 0. The second-order valence-electron chi connectivity index (χ2n) is 6.28. The monoisotopic (exact) mass is 300 g/mol. The number of imidazole rings is 1. The first-order valence-corrected chi connectivity index (χ1v) is 6.58. The molecule has 6 nitrogen and oxygen atoms in total. The highest BCUT2D eigenvalue weighted by Gasteiger charge is 2.22. The summed E-state index contributed by atoms with van der Waals surface area (Å²) in [4.78, 5) is 23.8. The molecule has 0 radical (unpaired) electrons. The Morgan fingerprint density at radius 3 is 1.45 bits per heavy atom. The number of carbonyl (C=O) groups is 2. The summed E-state index contributed by atoms with van der Waals surface area (Å²) in [5.74, 6) is 0. The van der Waals surface area contributed by atoms with Crippen molar-refractivity contribution < 1.29 is 19.1 Å². The van der Waals surface area contributed by atoms with Gasteiger partial charge in [-0.1, -0.05) is 0 Å². The van der Waals surface area contributed by atoms with E-state index in [2.05, 4.69) is 0 Å². The van der Waals surface area contributed by atoms with Crippen LogP contribution in [0.1, 0.15) is 41.5 Å². The summed E-state index contributed by atoms with van der Waals surface area (Å²) in [5.41, 5.74) is -1.28. The summed E-state index contributed by atoms with van der Waals surface area (Å²) in [6.07, 6.45) is 1.48. The Bertz CT molecular complexity index is 524. The van der Waals surface area contributed by atoms with Gasteiger partial charge in [-0.3, -0.25) is 0 Å². The van der Waals surface area contributed by atoms with Gasteiger partial charge in [-0.25, -0.2) is 18.7 Å². The van der Waals surface area contributed by atoms with Crippen molar-refractivity contribution in [3.8, 4) is 0 Å². The van der Waals surface area contributed by atoms with Crippen molar-refractivity contribution in [3.63, 3.8) is 0 Å². The minimum absolute atomic E-state index is 0.00787. The highest BCUT2D eigenvalue weighted by atomic mass is 32.1. The van der Waals surface area contributed by atoms with Gasteiger partial charge >= 0.3 is 12.2 Å². The summed E-state index contributed by atoms with van der Waals surface area (Å²) < 4.78 is 12.6. The first-order chi connectivity index (χ1) is 8.91. The smallest absolute Gasteiger partial charge is 0.420 e. The third kappa shape index (κ3) is 4.48. The van der Waals surface area contributed by atoms with Crippen LogP contribution >= 0.6 is 12.2 Å². The van der Waals surface area contributed by atoms with Crippen LogP contribution in [0.25, 0.3) is 0 Å². The van der Waals surface area contributed by atoms with Crippen LogP contribution < -0.4 is 0 Å². The second-order valence-corrected chi connectivity index (χ2v) is 6.65.